The highest BCUT2D eigenvalue weighted by Crippen LogP contribution is 2.31. The molecule has 0 N–H and O–H groups in total. The van der Waals surface area contributed by atoms with Crippen LogP contribution in [0.5, 0.6) is 5.75 Å². The van der Waals surface area contributed by atoms with Crippen LogP contribution in [0.3, 0.4) is 0 Å². The lowest BCUT2D eigenvalue weighted by atomic mass is 10.1. The number of pyridine rings is 1. The Morgan fingerprint density at radius 2 is 1.77 bits per heavy atom. The summed E-state index contributed by atoms with van der Waals surface area (Å²) in [6, 6.07) is 27.4. The third-order valence-electron chi connectivity index (χ3n) is 5.07. The Morgan fingerprint density at radius 1 is 0.903 bits per heavy atom. The van der Waals surface area contributed by atoms with Crippen molar-refractivity contribution in [2.45, 2.75) is 13.0 Å². The smallest absolute Gasteiger partial charge is 0.153 e. The summed E-state index contributed by atoms with van der Waals surface area (Å²) in [5.74, 6) is 1.45. The van der Waals surface area contributed by atoms with Crippen molar-refractivity contribution in [3.63, 3.8) is 0 Å². The molecule has 5 heteroatoms. The van der Waals surface area contributed by atoms with E-state index >= 15 is 0 Å². The average molecular weight is 425 g/mol. The number of hydrogen-bond donors (Lipinski definition) is 0. The second kappa shape index (κ2) is 8.14. The van der Waals surface area contributed by atoms with E-state index in [0.717, 1.165) is 44.4 Å². The highest BCUT2D eigenvalue weighted by atomic mass is 35.5. The van der Waals surface area contributed by atoms with E-state index in [-0.39, 0.29) is 0 Å². The monoisotopic (exact) mass is 424 g/mol. The molecule has 2 heterocycles. The van der Waals surface area contributed by atoms with Gasteiger partial charge in [0.15, 0.2) is 5.76 Å². The first kappa shape index (κ1) is 19.2. The van der Waals surface area contributed by atoms with E-state index in [1.54, 1.807) is 0 Å². The van der Waals surface area contributed by atoms with Crippen LogP contribution in [0.1, 0.15) is 11.1 Å². The molecule has 0 saturated carbocycles. The van der Waals surface area contributed by atoms with Crippen LogP contribution in [-0.2, 0) is 13.0 Å². The molecule has 5 aromatic rings. The van der Waals surface area contributed by atoms with Gasteiger partial charge in [0.1, 0.15) is 23.6 Å². The summed E-state index contributed by atoms with van der Waals surface area (Å²) in [4.78, 5) is 4.69. The molecule has 150 valence electrons. The molecule has 0 unspecified atom stereocenters. The van der Waals surface area contributed by atoms with Crippen molar-refractivity contribution in [2.24, 2.45) is 0 Å². The Bertz CT molecular complexity index is 1450. The van der Waals surface area contributed by atoms with Gasteiger partial charge in [0.05, 0.1) is 18.0 Å². The molecule has 0 bridgehead atoms. The molecule has 2 aromatic heterocycles. The van der Waals surface area contributed by atoms with Crippen molar-refractivity contribution in [2.75, 3.05) is 0 Å². The summed E-state index contributed by atoms with van der Waals surface area (Å²) < 4.78 is 12.0. The molecule has 0 spiro atoms. The van der Waals surface area contributed by atoms with Gasteiger partial charge in [-0.05, 0) is 53.6 Å². The Hall–Kier alpha value is -3.81. The fourth-order valence-electron chi connectivity index (χ4n) is 3.55. The van der Waals surface area contributed by atoms with Gasteiger partial charge in [-0.15, -0.1) is 0 Å². The number of furan rings is 1. The normalized spacial score (nSPS) is 11.0. The van der Waals surface area contributed by atoms with Crippen LogP contribution < -0.4 is 4.74 Å². The summed E-state index contributed by atoms with van der Waals surface area (Å²) in [7, 11) is 0. The van der Waals surface area contributed by atoms with Crippen molar-refractivity contribution in [3.8, 4) is 23.3 Å². The van der Waals surface area contributed by atoms with Crippen molar-refractivity contribution in [1.29, 1.82) is 5.26 Å². The highest BCUT2D eigenvalue weighted by Gasteiger charge is 2.10. The predicted octanol–water partition coefficient (Wildman–Crippen LogP) is 6.95. The van der Waals surface area contributed by atoms with Crippen LogP contribution in [0.4, 0.5) is 0 Å². The third kappa shape index (κ3) is 4.09. The van der Waals surface area contributed by atoms with E-state index < -0.39 is 0 Å². The number of halogens is 1. The molecule has 31 heavy (non-hydrogen) atoms. The zero-order valence-electron chi connectivity index (χ0n) is 16.5. The van der Waals surface area contributed by atoms with E-state index in [4.69, 9.17) is 31.0 Å². The van der Waals surface area contributed by atoms with E-state index in [9.17, 15) is 0 Å². The zero-order valence-corrected chi connectivity index (χ0v) is 17.3. The second-order valence-corrected chi connectivity index (χ2v) is 7.72. The summed E-state index contributed by atoms with van der Waals surface area (Å²) >= 11 is 6.11. The zero-order chi connectivity index (χ0) is 21.2. The first-order valence-electron chi connectivity index (χ1n) is 9.86. The van der Waals surface area contributed by atoms with E-state index in [2.05, 4.69) is 6.07 Å². The number of ether oxygens (including phenoxy) is 1. The van der Waals surface area contributed by atoms with Gasteiger partial charge in [0, 0.05) is 15.8 Å². The summed E-state index contributed by atoms with van der Waals surface area (Å²) in [6.45, 7) is 0.433. The van der Waals surface area contributed by atoms with Gasteiger partial charge in [-0.1, -0.05) is 48.0 Å². The first-order valence-corrected chi connectivity index (χ1v) is 10.2. The van der Waals surface area contributed by atoms with Crippen molar-refractivity contribution >= 4 is 33.5 Å². The summed E-state index contributed by atoms with van der Waals surface area (Å²) in [6.07, 6.45) is 0.395. The number of fused-ring (bicyclic) bond motifs is 2. The second-order valence-electron chi connectivity index (χ2n) is 7.29. The minimum Gasteiger partial charge on any atom is -0.489 e. The maximum atomic E-state index is 8.87. The van der Waals surface area contributed by atoms with Crippen molar-refractivity contribution in [3.05, 3.63) is 95.0 Å². The Labute approximate surface area is 184 Å². The van der Waals surface area contributed by atoms with Crippen LogP contribution in [0.25, 0.3) is 33.3 Å². The van der Waals surface area contributed by atoms with Crippen molar-refractivity contribution in [1.82, 2.24) is 4.98 Å². The fraction of sp³-hybridized carbons (Fsp3) is 0.0769. The molecular formula is C26H17ClN2O2. The van der Waals surface area contributed by atoms with Gasteiger partial charge >= 0.3 is 0 Å². The number of rotatable bonds is 5. The van der Waals surface area contributed by atoms with Gasteiger partial charge in [0.2, 0.25) is 0 Å². The standard InChI is InChI=1S/C26H17ClN2O2/c27-21-6-4-19-5-8-23(29-24(19)15-21)26-14-20-13-22(7-9-25(20)31-26)30-16-18-3-1-2-17(12-18)10-11-28/h1-9,12-15H,10,16H2. The molecule has 0 saturated heterocycles. The maximum absolute atomic E-state index is 8.87. The number of nitrogens with zero attached hydrogens (tertiary/aromatic N) is 2. The van der Waals surface area contributed by atoms with Gasteiger partial charge < -0.3 is 9.15 Å². The first-order chi connectivity index (χ1) is 15.2. The molecule has 0 aliphatic carbocycles. The Kier molecular flexibility index (Phi) is 5.03. The molecule has 0 atom stereocenters. The van der Waals surface area contributed by atoms with Crippen LogP contribution >= 0.6 is 11.6 Å². The van der Waals surface area contributed by atoms with E-state index in [1.807, 2.05) is 78.9 Å². The number of benzene rings is 3. The summed E-state index contributed by atoms with van der Waals surface area (Å²) in [5.41, 5.74) is 4.37. The maximum Gasteiger partial charge on any atom is 0.153 e. The molecule has 5 rings (SSSR count). The number of hydrogen-bond acceptors (Lipinski definition) is 4. The molecule has 0 radical (unpaired) electrons. The minimum atomic E-state index is 0.395. The SMILES string of the molecule is N#CCc1cccc(COc2ccc3oc(-c4ccc5ccc(Cl)cc5n4)cc3c2)c1. The minimum absolute atomic E-state index is 0.395. The van der Waals surface area contributed by atoms with E-state index in [1.165, 1.54) is 0 Å². The Morgan fingerprint density at radius 3 is 2.68 bits per heavy atom. The average Bonchev–Trinajstić information content (AvgIpc) is 3.21. The van der Waals surface area contributed by atoms with Crippen LogP contribution in [0.15, 0.2) is 83.3 Å². The lowest BCUT2D eigenvalue weighted by Gasteiger charge is -2.07. The molecule has 0 amide bonds. The third-order valence-corrected chi connectivity index (χ3v) is 5.31. The molecule has 3 aromatic carbocycles. The van der Waals surface area contributed by atoms with Gasteiger partial charge in [-0.2, -0.15) is 5.26 Å². The Balaban J connectivity index is 1.39. The molecular weight excluding hydrogens is 408 g/mol. The highest BCUT2D eigenvalue weighted by molar-refractivity contribution is 6.31. The predicted molar refractivity (Wildman–Crippen MR) is 122 cm³/mol. The van der Waals surface area contributed by atoms with Gasteiger partial charge in [-0.25, -0.2) is 4.98 Å². The number of aromatic nitrogens is 1. The summed E-state index contributed by atoms with van der Waals surface area (Å²) in [5, 5.41) is 11.5. The fourth-order valence-corrected chi connectivity index (χ4v) is 3.72. The van der Waals surface area contributed by atoms with E-state index in [0.29, 0.717) is 23.8 Å². The molecule has 0 fully saturated rings. The quantitative estimate of drug-likeness (QED) is 0.306. The lowest BCUT2D eigenvalue weighted by molar-refractivity contribution is 0.306. The number of nitriles is 1. The van der Waals surface area contributed by atoms with Gasteiger partial charge in [0.25, 0.3) is 0 Å². The molecule has 0 aliphatic heterocycles. The molecule has 4 nitrogen and oxygen atoms in total. The van der Waals surface area contributed by atoms with Crippen LogP contribution in [0, 0.1) is 11.3 Å². The molecule has 0 aliphatic rings. The topological polar surface area (TPSA) is 59.0 Å². The van der Waals surface area contributed by atoms with Crippen LogP contribution in [-0.4, -0.2) is 4.98 Å². The largest absolute Gasteiger partial charge is 0.489 e. The van der Waals surface area contributed by atoms with Crippen molar-refractivity contribution < 1.29 is 9.15 Å². The van der Waals surface area contributed by atoms with Gasteiger partial charge in [-0.3, -0.25) is 0 Å². The van der Waals surface area contributed by atoms with Crippen LogP contribution in [0.2, 0.25) is 5.02 Å². The lowest BCUT2D eigenvalue weighted by Crippen LogP contribution is -1.96.